The number of hydrogen-bond donors (Lipinski definition) is 3. The van der Waals surface area contributed by atoms with Gasteiger partial charge >= 0.3 is 0 Å². The van der Waals surface area contributed by atoms with E-state index in [0.29, 0.717) is 24.4 Å². The Labute approximate surface area is 200 Å². The van der Waals surface area contributed by atoms with Crippen molar-refractivity contribution in [3.8, 4) is 17.4 Å². The minimum atomic E-state index is -0.468. The SMILES string of the molecule is CCCCn1c(O)c(C2=Nc3ccccc3S[C@@H](c3ccc(OC)c(O)c3)C2)c(=O)[nH]c1=S. The molecule has 4 rings (SSSR count). The Morgan fingerprint density at radius 3 is 2.79 bits per heavy atom. The number of aromatic amines is 1. The van der Waals surface area contributed by atoms with Crippen LogP contribution in [-0.4, -0.2) is 32.6 Å². The molecular formula is C24H25N3O4S2. The van der Waals surface area contributed by atoms with Crippen LogP contribution >= 0.6 is 24.0 Å². The first-order valence-corrected chi connectivity index (χ1v) is 12.0. The molecule has 1 atom stereocenters. The van der Waals surface area contributed by atoms with Gasteiger partial charge in [-0.3, -0.25) is 19.3 Å². The van der Waals surface area contributed by atoms with E-state index in [4.69, 9.17) is 21.9 Å². The number of nitrogens with one attached hydrogen (secondary N) is 1. The van der Waals surface area contributed by atoms with Gasteiger partial charge in [0.25, 0.3) is 5.56 Å². The van der Waals surface area contributed by atoms with Gasteiger partial charge in [0.1, 0.15) is 5.56 Å². The average Bonchev–Trinajstić information content (AvgIpc) is 2.98. The number of nitrogens with zero attached hydrogens (tertiary/aromatic N) is 2. The van der Waals surface area contributed by atoms with Crippen LogP contribution in [0.25, 0.3) is 0 Å². The largest absolute Gasteiger partial charge is 0.504 e. The average molecular weight is 484 g/mol. The molecule has 0 aliphatic carbocycles. The van der Waals surface area contributed by atoms with Gasteiger partial charge in [-0.1, -0.05) is 31.5 Å². The number of aromatic nitrogens is 2. The topological polar surface area (TPSA) is 99.8 Å². The zero-order valence-corrected chi connectivity index (χ0v) is 20.0. The van der Waals surface area contributed by atoms with Gasteiger partial charge < -0.3 is 14.9 Å². The number of phenolic OH excluding ortho intramolecular Hbond substituents is 1. The summed E-state index contributed by atoms with van der Waals surface area (Å²) in [6, 6.07) is 12.9. The predicted molar refractivity (Wildman–Crippen MR) is 133 cm³/mol. The maximum atomic E-state index is 13.0. The van der Waals surface area contributed by atoms with Crippen LogP contribution in [0.15, 0.2) is 57.1 Å². The molecule has 3 aromatic rings. The summed E-state index contributed by atoms with van der Waals surface area (Å²) in [5.41, 5.74) is 1.70. The zero-order valence-electron chi connectivity index (χ0n) is 18.4. The molecule has 3 N–H and O–H groups in total. The van der Waals surface area contributed by atoms with E-state index in [1.54, 1.807) is 28.5 Å². The van der Waals surface area contributed by atoms with Crippen LogP contribution in [-0.2, 0) is 6.54 Å². The first-order valence-electron chi connectivity index (χ1n) is 10.7. The molecule has 2 aromatic carbocycles. The summed E-state index contributed by atoms with van der Waals surface area (Å²) in [6.45, 7) is 2.55. The number of unbranched alkanes of at least 4 members (excludes halogenated alkanes) is 1. The minimum absolute atomic E-state index is 0.0418. The second kappa shape index (κ2) is 9.84. The summed E-state index contributed by atoms with van der Waals surface area (Å²) in [7, 11) is 1.50. The molecule has 9 heteroatoms. The van der Waals surface area contributed by atoms with Crippen molar-refractivity contribution in [3.05, 3.63) is 68.7 Å². The van der Waals surface area contributed by atoms with Crippen molar-refractivity contribution in [1.82, 2.24) is 9.55 Å². The van der Waals surface area contributed by atoms with Crippen LogP contribution in [0.4, 0.5) is 5.69 Å². The molecule has 172 valence electrons. The molecule has 7 nitrogen and oxygen atoms in total. The number of aromatic hydroxyl groups is 2. The molecular weight excluding hydrogens is 458 g/mol. The molecule has 0 saturated carbocycles. The number of methoxy groups -OCH3 is 1. The summed E-state index contributed by atoms with van der Waals surface area (Å²) in [5, 5.41) is 21.2. The number of aliphatic imine (C=N–C) groups is 1. The van der Waals surface area contributed by atoms with E-state index in [2.05, 4.69) is 4.98 Å². The van der Waals surface area contributed by atoms with Gasteiger partial charge in [-0.2, -0.15) is 0 Å². The molecule has 0 bridgehead atoms. The van der Waals surface area contributed by atoms with Gasteiger partial charge in [0.15, 0.2) is 16.3 Å². The van der Waals surface area contributed by atoms with Gasteiger partial charge in [-0.05, 0) is 48.5 Å². The molecule has 1 aliphatic heterocycles. The van der Waals surface area contributed by atoms with Gasteiger partial charge in [-0.15, -0.1) is 11.8 Å². The molecule has 0 amide bonds. The van der Waals surface area contributed by atoms with Crippen LogP contribution in [0, 0.1) is 4.77 Å². The zero-order chi connectivity index (χ0) is 23.5. The Hall–Kier alpha value is -3.04. The second-order valence-corrected chi connectivity index (χ2v) is 9.36. The highest BCUT2D eigenvalue weighted by Crippen LogP contribution is 2.47. The lowest BCUT2D eigenvalue weighted by molar-refractivity contribution is 0.373. The highest BCUT2D eigenvalue weighted by atomic mass is 32.2. The molecule has 1 aromatic heterocycles. The van der Waals surface area contributed by atoms with Crippen LogP contribution < -0.4 is 10.3 Å². The number of benzene rings is 2. The van der Waals surface area contributed by atoms with Crippen LogP contribution in [0.1, 0.15) is 42.6 Å². The maximum absolute atomic E-state index is 13.0. The summed E-state index contributed by atoms with van der Waals surface area (Å²) < 4.78 is 6.92. The van der Waals surface area contributed by atoms with Crippen LogP contribution in [0.3, 0.4) is 0 Å². The molecule has 33 heavy (non-hydrogen) atoms. The monoisotopic (exact) mass is 483 g/mol. The van der Waals surface area contributed by atoms with Crippen LogP contribution in [0.2, 0.25) is 0 Å². The summed E-state index contributed by atoms with van der Waals surface area (Å²) in [4.78, 5) is 21.4. The number of thioether (sulfide) groups is 1. The first kappa shape index (κ1) is 23.1. The highest BCUT2D eigenvalue weighted by Gasteiger charge is 2.27. The molecule has 0 radical (unpaired) electrons. The number of fused-ring (bicyclic) bond motifs is 1. The lowest BCUT2D eigenvalue weighted by atomic mass is 10.0. The van der Waals surface area contributed by atoms with Crippen LogP contribution in [0.5, 0.6) is 17.4 Å². The third-order valence-corrected chi connectivity index (χ3v) is 7.18. The Balaban J connectivity index is 1.86. The fraction of sp³-hybridized carbons (Fsp3) is 0.292. The summed E-state index contributed by atoms with van der Waals surface area (Å²) in [6.07, 6.45) is 2.10. The first-order chi connectivity index (χ1) is 15.9. The molecule has 0 spiro atoms. The number of phenols is 1. The Kier molecular flexibility index (Phi) is 6.90. The summed E-state index contributed by atoms with van der Waals surface area (Å²) in [5.74, 6) is 0.260. The van der Waals surface area contributed by atoms with E-state index in [1.165, 1.54) is 7.11 Å². The predicted octanol–water partition coefficient (Wildman–Crippen LogP) is 5.48. The number of para-hydroxylation sites is 1. The molecule has 2 heterocycles. The summed E-state index contributed by atoms with van der Waals surface area (Å²) >= 11 is 6.89. The highest BCUT2D eigenvalue weighted by molar-refractivity contribution is 7.99. The van der Waals surface area contributed by atoms with Gasteiger partial charge in [0.05, 0.1) is 18.5 Å². The van der Waals surface area contributed by atoms with Crippen molar-refractivity contribution in [1.29, 1.82) is 0 Å². The number of H-pyrrole nitrogens is 1. The maximum Gasteiger partial charge on any atom is 0.264 e. The molecule has 0 saturated heterocycles. The lowest BCUT2D eigenvalue weighted by Crippen LogP contribution is -2.24. The van der Waals surface area contributed by atoms with E-state index >= 15 is 0 Å². The standard InChI is InChI=1S/C24H25N3O4S2/c1-3-4-11-27-23(30)21(22(29)26-24(27)32)16-13-20(14-9-10-18(31-2)17(28)12-14)33-19-8-6-5-7-15(19)25-16/h5-10,12,20,28,30H,3-4,11,13H2,1-2H3,(H,26,29,32)/t20-/m1/s1. The number of ether oxygens (including phenoxy) is 1. The van der Waals surface area contributed by atoms with E-state index < -0.39 is 5.56 Å². The number of rotatable bonds is 6. The minimum Gasteiger partial charge on any atom is -0.504 e. The second-order valence-electron chi connectivity index (χ2n) is 7.73. The van der Waals surface area contributed by atoms with Crippen molar-refractivity contribution < 1.29 is 14.9 Å². The van der Waals surface area contributed by atoms with Crippen molar-refractivity contribution in [2.24, 2.45) is 4.99 Å². The third kappa shape index (κ3) is 4.69. The lowest BCUT2D eigenvalue weighted by Gasteiger charge is -2.18. The third-order valence-electron chi connectivity index (χ3n) is 5.54. The fourth-order valence-electron chi connectivity index (χ4n) is 3.81. The van der Waals surface area contributed by atoms with Gasteiger partial charge in [0.2, 0.25) is 5.88 Å². The van der Waals surface area contributed by atoms with Crippen molar-refractivity contribution in [2.45, 2.75) is 42.9 Å². The Morgan fingerprint density at radius 2 is 2.06 bits per heavy atom. The quantitative estimate of drug-likeness (QED) is 0.401. The van der Waals surface area contributed by atoms with Gasteiger partial charge in [-0.25, -0.2) is 0 Å². The molecule has 0 fully saturated rings. The normalized spacial score (nSPS) is 15.5. The molecule has 0 unspecified atom stereocenters. The van der Waals surface area contributed by atoms with Crippen molar-refractivity contribution >= 4 is 35.4 Å². The smallest absolute Gasteiger partial charge is 0.264 e. The van der Waals surface area contributed by atoms with Crippen molar-refractivity contribution in [2.75, 3.05) is 7.11 Å². The molecule has 1 aliphatic rings. The number of hydrogen-bond acceptors (Lipinski definition) is 7. The fourth-order valence-corrected chi connectivity index (χ4v) is 5.30. The van der Waals surface area contributed by atoms with Gasteiger partial charge in [0, 0.05) is 23.1 Å². The van der Waals surface area contributed by atoms with E-state index in [0.717, 1.165) is 29.0 Å². The van der Waals surface area contributed by atoms with E-state index in [-0.39, 0.29) is 27.2 Å². The Bertz CT molecular complexity index is 1330. The van der Waals surface area contributed by atoms with Crippen molar-refractivity contribution in [3.63, 3.8) is 0 Å². The van der Waals surface area contributed by atoms with E-state index in [1.807, 2.05) is 37.3 Å². The van der Waals surface area contributed by atoms with E-state index in [9.17, 15) is 15.0 Å². The Morgan fingerprint density at radius 1 is 1.27 bits per heavy atom.